The van der Waals surface area contributed by atoms with E-state index in [1.54, 1.807) is 18.2 Å². The summed E-state index contributed by atoms with van der Waals surface area (Å²) < 4.78 is 27.6. The number of rotatable bonds is 6. The number of nitrogens with two attached hydrogens (primary N) is 1. The fourth-order valence-electron chi connectivity index (χ4n) is 3.61. The zero-order valence-corrected chi connectivity index (χ0v) is 18.0. The van der Waals surface area contributed by atoms with Crippen LogP contribution in [0, 0.1) is 11.7 Å². The van der Waals surface area contributed by atoms with Gasteiger partial charge in [0, 0.05) is 18.5 Å². The fraction of sp³-hybridized carbons (Fsp3) is 0.435. The van der Waals surface area contributed by atoms with Crippen LogP contribution in [0.25, 0.3) is 0 Å². The highest BCUT2D eigenvalue weighted by molar-refractivity contribution is 6.00. The average molecular weight is 430 g/mol. The van der Waals surface area contributed by atoms with E-state index in [0.717, 1.165) is 0 Å². The first-order valence-corrected chi connectivity index (χ1v) is 10.3. The van der Waals surface area contributed by atoms with Crippen LogP contribution in [0.2, 0.25) is 0 Å². The van der Waals surface area contributed by atoms with Crippen molar-refractivity contribution in [3.63, 3.8) is 0 Å². The number of hydrogen-bond donors (Lipinski definition) is 2. The minimum Gasteiger partial charge on any atom is -0.369 e. The van der Waals surface area contributed by atoms with Gasteiger partial charge in [0.05, 0.1) is 18.5 Å². The molecule has 0 bridgehead atoms. The molecule has 1 aliphatic heterocycles. The van der Waals surface area contributed by atoms with E-state index >= 15 is 0 Å². The predicted molar refractivity (Wildman–Crippen MR) is 115 cm³/mol. The minimum atomic E-state index is -1.35. The average Bonchev–Trinajstić information content (AvgIpc) is 2.68. The summed E-state index contributed by atoms with van der Waals surface area (Å²) in [5, 5.41) is 2.67. The van der Waals surface area contributed by atoms with Crippen molar-refractivity contribution in [2.24, 2.45) is 16.6 Å². The number of amides is 2. The molecule has 0 fully saturated rings. The molecule has 6 nitrogen and oxygen atoms in total. The van der Waals surface area contributed by atoms with E-state index in [0.29, 0.717) is 11.1 Å². The van der Waals surface area contributed by atoms with Gasteiger partial charge in [-0.05, 0) is 48.3 Å². The van der Waals surface area contributed by atoms with Gasteiger partial charge in [-0.2, -0.15) is 0 Å². The molecule has 1 aliphatic carbocycles. The Balaban J connectivity index is 1.70. The van der Waals surface area contributed by atoms with Gasteiger partial charge in [0.15, 0.2) is 5.96 Å². The Hall–Kier alpha value is -3.03. The predicted octanol–water partition coefficient (Wildman–Crippen LogP) is 3.00. The van der Waals surface area contributed by atoms with Crippen molar-refractivity contribution in [2.75, 3.05) is 6.54 Å². The lowest BCUT2D eigenvalue weighted by atomic mass is 9.84. The Bertz CT molecular complexity index is 970. The molecule has 2 amide bonds. The van der Waals surface area contributed by atoms with Gasteiger partial charge in [0.2, 0.25) is 5.91 Å². The van der Waals surface area contributed by atoms with E-state index in [1.165, 1.54) is 23.1 Å². The van der Waals surface area contributed by atoms with Gasteiger partial charge in [-0.25, -0.2) is 13.8 Å². The van der Waals surface area contributed by atoms with Crippen LogP contribution in [0.5, 0.6) is 0 Å². The highest BCUT2D eigenvalue weighted by Gasteiger charge is 2.38. The smallest absolute Gasteiger partial charge is 0.251 e. The van der Waals surface area contributed by atoms with Crippen molar-refractivity contribution in [3.05, 3.63) is 58.9 Å². The topological polar surface area (TPSA) is 87.8 Å². The van der Waals surface area contributed by atoms with Gasteiger partial charge < -0.3 is 11.1 Å². The van der Waals surface area contributed by atoms with Crippen molar-refractivity contribution in [3.8, 4) is 0 Å². The van der Waals surface area contributed by atoms with E-state index in [9.17, 15) is 18.4 Å². The highest BCUT2D eigenvalue weighted by atomic mass is 19.1. The van der Waals surface area contributed by atoms with Crippen LogP contribution in [-0.4, -0.2) is 40.9 Å². The van der Waals surface area contributed by atoms with Gasteiger partial charge in [-0.1, -0.05) is 26.0 Å². The van der Waals surface area contributed by atoms with Crippen LogP contribution in [0.3, 0.4) is 0 Å². The SMILES string of the molecule is CC(C)C1(C)CC(=O)N(CC2=CC(C(=O)NCc3cccc(F)c3)=CC(F)C2)C(N)=N1. The molecule has 166 valence electrons. The third-order valence-electron chi connectivity index (χ3n) is 5.84. The third kappa shape index (κ3) is 5.37. The summed E-state index contributed by atoms with van der Waals surface area (Å²) in [5.41, 5.74) is 6.83. The third-order valence-corrected chi connectivity index (χ3v) is 5.84. The standard InChI is InChI=1S/C23H28F2N4O2/c1-14(2)23(3)11-20(30)29(22(26)28-23)13-16-7-17(10-19(25)9-16)21(31)27-12-15-5-4-6-18(24)8-15/h4-8,10,14,19H,9,11-13H2,1-3H3,(H2,26,28)(H,27,31). The summed E-state index contributed by atoms with van der Waals surface area (Å²) in [5.74, 6) is -0.795. The zero-order chi connectivity index (χ0) is 22.8. The molecule has 3 rings (SSSR count). The number of nitrogens with one attached hydrogen (secondary N) is 1. The van der Waals surface area contributed by atoms with Crippen molar-refractivity contribution in [1.29, 1.82) is 0 Å². The van der Waals surface area contributed by atoms with Crippen LogP contribution in [0.1, 0.15) is 39.2 Å². The number of carbonyl (C=O) groups is 2. The molecular weight excluding hydrogens is 402 g/mol. The number of nitrogens with zero attached hydrogens (tertiary/aromatic N) is 2. The molecular formula is C23H28F2N4O2. The number of allylic oxidation sites excluding steroid dienone is 1. The molecule has 0 aromatic heterocycles. The maximum atomic E-state index is 14.3. The first-order valence-electron chi connectivity index (χ1n) is 10.3. The lowest BCUT2D eigenvalue weighted by Crippen LogP contribution is -2.52. The molecule has 2 aliphatic rings. The second-order valence-corrected chi connectivity index (χ2v) is 8.60. The number of aliphatic imine (C=N–C) groups is 1. The van der Waals surface area contributed by atoms with Crippen LogP contribution in [-0.2, 0) is 16.1 Å². The van der Waals surface area contributed by atoms with E-state index < -0.39 is 23.4 Å². The second-order valence-electron chi connectivity index (χ2n) is 8.60. The molecule has 0 radical (unpaired) electrons. The number of guanidine groups is 1. The molecule has 2 atom stereocenters. The van der Waals surface area contributed by atoms with Gasteiger partial charge in [0.1, 0.15) is 12.0 Å². The van der Waals surface area contributed by atoms with Crippen LogP contribution in [0.4, 0.5) is 8.78 Å². The number of halogens is 2. The molecule has 0 spiro atoms. The second kappa shape index (κ2) is 8.99. The van der Waals surface area contributed by atoms with E-state index in [1.807, 2.05) is 20.8 Å². The molecule has 31 heavy (non-hydrogen) atoms. The van der Waals surface area contributed by atoms with Crippen LogP contribution < -0.4 is 11.1 Å². The molecule has 1 aromatic rings. The summed E-state index contributed by atoms with van der Waals surface area (Å²) in [4.78, 5) is 31.1. The van der Waals surface area contributed by atoms with Crippen molar-refractivity contribution >= 4 is 17.8 Å². The monoisotopic (exact) mass is 430 g/mol. The Labute approximate surface area is 180 Å². The number of benzene rings is 1. The van der Waals surface area contributed by atoms with E-state index in [-0.39, 0.29) is 49.3 Å². The number of carbonyl (C=O) groups excluding carboxylic acids is 2. The van der Waals surface area contributed by atoms with Crippen molar-refractivity contribution in [2.45, 2.75) is 51.9 Å². The van der Waals surface area contributed by atoms with Crippen LogP contribution >= 0.6 is 0 Å². The molecule has 8 heteroatoms. The normalized spacial score (nSPS) is 23.9. The Morgan fingerprint density at radius 1 is 1.42 bits per heavy atom. The van der Waals surface area contributed by atoms with E-state index in [2.05, 4.69) is 10.3 Å². The Kier molecular flexibility index (Phi) is 6.57. The first-order chi connectivity index (χ1) is 14.6. The maximum absolute atomic E-state index is 14.3. The summed E-state index contributed by atoms with van der Waals surface area (Å²) in [7, 11) is 0. The molecule has 0 saturated heterocycles. The van der Waals surface area contributed by atoms with E-state index in [4.69, 9.17) is 5.73 Å². The quantitative estimate of drug-likeness (QED) is 0.727. The molecule has 2 unspecified atom stereocenters. The van der Waals surface area contributed by atoms with Crippen molar-refractivity contribution < 1.29 is 18.4 Å². The molecule has 0 saturated carbocycles. The zero-order valence-electron chi connectivity index (χ0n) is 18.0. The molecule has 3 N–H and O–H groups in total. The Morgan fingerprint density at radius 3 is 2.81 bits per heavy atom. The first kappa shape index (κ1) is 22.7. The minimum absolute atomic E-state index is 0.0686. The molecule has 1 aromatic carbocycles. The lowest BCUT2D eigenvalue weighted by Gasteiger charge is -2.38. The summed E-state index contributed by atoms with van der Waals surface area (Å²) in [6.07, 6.45) is 1.76. The largest absolute Gasteiger partial charge is 0.369 e. The Morgan fingerprint density at radius 2 is 2.16 bits per heavy atom. The van der Waals surface area contributed by atoms with Gasteiger partial charge >= 0.3 is 0 Å². The van der Waals surface area contributed by atoms with Gasteiger partial charge in [-0.3, -0.25) is 14.5 Å². The fourth-order valence-corrected chi connectivity index (χ4v) is 3.61. The number of alkyl halides is 1. The van der Waals surface area contributed by atoms with Gasteiger partial charge in [0.25, 0.3) is 5.91 Å². The van der Waals surface area contributed by atoms with Crippen LogP contribution in [0.15, 0.2) is 52.6 Å². The summed E-state index contributed by atoms with van der Waals surface area (Å²) in [6.45, 7) is 6.05. The summed E-state index contributed by atoms with van der Waals surface area (Å²) >= 11 is 0. The highest BCUT2D eigenvalue weighted by Crippen LogP contribution is 2.31. The lowest BCUT2D eigenvalue weighted by molar-refractivity contribution is -0.129. The van der Waals surface area contributed by atoms with Crippen molar-refractivity contribution in [1.82, 2.24) is 10.2 Å². The summed E-state index contributed by atoms with van der Waals surface area (Å²) in [6, 6.07) is 5.88. The number of hydrogen-bond acceptors (Lipinski definition) is 4. The van der Waals surface area contributed by atoms with Gasteiger partial charge in [-0.15, -0.1) is 0 Å². The maximum Gasteiger partial charge on any atom is 0.251 e. The molecule has 1 heterocycles.